The molecule has 0 radical (unpaired) electrons. The number of nitrogens with one attached hydrogen (secondary N) is 2. The molecule has 1 aliphatic carbocycles. The summed E-state index contributed by atoms with van der Waals surface area (Å²) in [7, 11) is 0. The number of rotatable bonds is 4. The third-order valence-corrected chi connectivity index (χ3v) is 8.36. The van der Waals surface area contributed by atoms with Crippen LogP contribution in [0.25, 0.3) is 0 Å². The number of carbonyl (C=O) groups excluding carboxylic acids is 2. The van der Waals surface area contributed by atoms with Crippen molar-refractivity contribution in [3.8, 4) is 5.06 Å². The highest BCUT2D eigenvalue weighted by Gasteiger charge is 2.63. The van der Waals surface area contributed by atoms with Gasteiger partial charge in [0.15, 0.2) is 10.9 Å². The van der Waals surface area contributed by atoms with Crippen molar-refractivity contribution in [2.45, 2.75) is 56.3 Å². The summed E-state index contributed by atoms with van der Waals surface area (Å²) < 4.78 is 62.7. The van der Waals surface area contributed by atoms with Crippen LogP contribution in [0, 0.1) is 5.82 Å². The summed E-state index contributed by atoms with van der Waals surface area (Å²) in [5.74, 6) is -1.35. The molecule has 198 valence electrons. The number of fused-ring (bicyclic) bond motifs is 1. The van der Waals surface area contributed by atoms with Crippen LogP contribution in [0.4, 0.5) is 22.4 Å². The highest BCUT2D eigenvalue weighted by Crippen LogP contribution is 2.52. The lowest BCUT2D eigenvalue weighted by Gasteiger charge is -2.29. The molecular weight excluding hydrogens is 561 g/mol. The first-order chi connectivity index (χ1) is 17.5. The van der Waals surface area contributed by atoms with E-state index in [1.54, 1.807) is 0 Å². The van der Waals surface area contributed by atoms with Gasteiger partial charge < -0.3 is 20.2 Å². The Balaban J connectivity index is 1.46. The molecule has 1 aromatic heterocycles. The van der Waals surface area contributed by atoms with E-state index >= 15 is 0 Å². The lowest BCUT2D eigenvalue weighted by Crippen LogP contribution is -2.42. The second-order valence-electron chi connectivity index (χ2n) is 8.93. The topological polar surface area (TPSA) is 89.0 Å². The molecule has 1 aromatic carbocycles. The van der Waals surface area contributed by atoms with E-state index in [0.717, 1.165) is 47.4 Å². The number of amides is 2. The molecule has 0 saturated carbocycles. The van der Waals surface area contributed by atoms with Crippen LogP contribution in [0.5, 0.6) is 5.06 Å². The molecule has 0 spiro atoms. The second-order valence-corrected chi connectivity index (χ2v) is 10.7. The third kappa shape index (κ3) is 4.63. The van der Waals surface area contributed by atoms with Gasteiger partial charge >= 0.3 is 12.3 Å². The van der Waals surface area contributed by atoms with Crippen LogP contribution in [0.15, 0.2) is 17.3 Å². The molecule has 2 N–H and O–H groups in total. The van der Waals surface area contributed by atoms with Gasteiger partial charge in [-0.15, -0.1) is 0 Å². The van der Waals surface area contributed by atoms with Gasteiger partial charge in [-0.25, -0.2) is 9.18 Å². The fraction of sp³-hybridized carbons (Fsp3) is 0.435. The molecule has 3 heterocycles. The number of ether oxygens (including phenoxy) is 1. The smallest absolute Gasteiger partial charge is 0.399 e. The Labute approximate surface area is 222 Å². The Morgan fingerprint density at radius 2 is 1.89 bits per heavy atom. The lowest BCUT2D eigenvalue weighted by molar-refractivity contribution is -0.275. The van der Waals surface area contributed by atoms with E-state index in [9.17, 15) is 27.2 Å². The standard InChI is InChI=1S/C23H19Cl2F4N3O4S/c24-13-7-10(8-14(25)17(13)26)22(23(27,28)29)9-16(32-36-22)18-11-3-1-2-4-12(11)20(37-18)35-21(34)31-15-5-6-30-19(15)33/h7-8,15H,1-6,9H2,(H,30,33)(H,31,34)/t15-,22?/m1/s1. The van der Waals surface area contributed by atoms with E-state index in [1.807, 2.05) is 0 Å². The minimum absolute atomic E-state index is 0.0162. The molecule has 2 aliphatic heterocycles. The first kappa shape index (κ1) is 26.1. The van der Waals surface area contributed by atoms with Gasteiger partial charge in [0.2, 0.25) is 5.91 Å². The Morgan fingerprint density at radius 3 is 2.51 bits per heavy atom. The number of hydrogen-bond acceptors (Lipinski definition) is 6. The van der Waals surface area contributed by atoms with E-state index in [0.29, 0.717) is 30.7 Å². The Kier molecular flexibility index (Phi) is 6.78. The zero-order chi connectivity index (χ0) is 26.5. The molecule has 1 unspecified atom stereocenters. The summed E-state index contributed by atoms with van der Waals surface area (Å²) in [5, 5.41) is 8.00. The highest BCUT2D eigenvalue weighted by molar-refractivity contribution is 7.16. The van der Waals surface area contributed by atoms with Crippen molar-refractivity contribution in [3.63, 3.8) is 0 Å². The van der Waals surface area contributed by atoms with E-state index in [4.69, 9.17) is 32.8 Å². The Hall–Kier alpha value is -2.57. The van der Waals surface area contributed by atoms with E-state index in [1.165, 1.54) is 0 Å². The Morgan fingerprint density at radius 1 is 1.22 bits per heavy atom. The van der Waals surface area contributed by atoms with Crippen molar-refractivity contribution < 1.29 is 36.7 Å². The van der Waals surface area contributed by atoms with Gasteiger partial charge in [0.25, 0.3) is 5.60 Å². The number of alkyl halides is 3. The number of oxime groups is 1. The predicted molar refractivity (Wildman–Crippen MR) is 128 cm³/mol. The summed E-state index contributed by atoms with van der Waals surface area (Å²) in [6.45, 7) is 0.438. The molecule has 2 aromatic rings. The van der Waals surface area contributed by atoms with Gasteiger partial charge in [0, 0.05) is 17.7 Å². The maximum atomic E-state index is 14.4. The van der Waals surface area contributed by atoms with Crippen molar-refractivity contribution in [3.05, 3.63) is 49.6 Å². The molecule has 1 saturated heterocycles. The number of carbonyl (C=O) groups is 2. The molecule has 14 heteroatoms. The number of hydrogen-bond donors (Lipinski definition) is 2. The average Bonchev–Trinajstić information content (AvgIpc) is 3.55. The number of benzene rings is 1. The van der Waals surface area contributed by atoms with Gasteiger partial charge in [-0.2, -0.15) is 13.2 Å². The van der Waals surface area contributed by atoms with Crippen LogP contribution in [0.1, 0.15) is 47.3 Å². The number of halogens is 6. The van der Waals surface area contributed by atoms with E-state index < -0.39 is 51.8 Å². The largest absolute Gasteiger partial charge is 0.435 e. The summed E-state index contributed by atoms with van der Waals surface area (Å²) in [5.41, 5.74) is -1.93. The van der Waals surface area contributed by atoms with Gasteiger partial charge in [-0.05, 0) is 49.8 Å². The first-order valence-corrected chi connectivity index (χ1v) is 12.9. The normalized spacial score (nSPS) is 23.2. The molecule has 2 amide bonds. The average molecular weight is 580 g/mol. The molecule has 3 aliphatic rings. The maximum Gasteiger partial charge on any atom is 0.435 e. The van der Waals surface area contributed by atoms with Gasteiger partial charge in [-0.3, -0.25) is 4.79 Å². The molecule has 0 bridgehead atoms. The van der Waals surface area contributed by atoms with Crippen LogP contribution in [0.3, 0.4) is 0 Å². The minimum atomic E-state index is -4.94. The van der Waals surface area contributed by atoms with Gasteiger partial charge in [-0.1, -0.05) is 39.7 Å². The fourth-order valence-electron chi connectivity index (χ4n) is 4.71. The van der Waals surface area contributed by atoms with Crippen LogP contribution >= 0.6 is 34.5 Å². The lowest BCUT2D eigenvalue weighted by atomic mass is 9.86. The molecule has 7 nitrogen and oxygen atoms in total. The molecule has 2 atom stereocenters. The molecule has 1 fully saturated rings. The van der Waals surface area contributed by atoms with E-state index in [-0.39, 0.29) is 16.7 Å². The first-order valence-electron chi connectivity index (χ1n) is 11.4. The number of nitrogens with zero attached hydrogens (tertiary/aromatic N) is 1. The third-order valence-electron chi connectivity index (χ3n) is 6.61. The van der Waals surface area contributed by atoms with Crippen LogP contribution in [0.2, 0.25) is 10.0 Å². The van der Waals surface area contributed by atoms with Crippen molar-refractivity contribution in [2.75, 3.05) is 6.54 Å². The van der Waals surface area contributed by atoms with Crippen molar-refractivity contribution >= 4 is 52.3 Å². The Bertz CT molecular complexity index is 1290. The van der Waals surface area contributed by atoms with Crippen molar-refractivity contribution in [1.82, 2.24) is 10.6 Å². The second kappa shape index (κ2) is 9.63. The van der Waals surface area contributed by atoms with Gasteiger partial charge in [0.05, 0.1) is 21.3 Å². The van der Waals surface area contributed by atoms with Crippen LogP contribution in [-0.2, 0) is 28.1 Å². The van der Waals surface area contributed by atoms with Crippen molar-refractivity contribution in [1.29, 1.82) is 0 Å². The maximum absolute atomic E-state index is 14.4. The van der Waals surface area contributed by atoms with Crippen LogP contribution < -0.4 is 15.4 Å². The summed E-state index contributed by atoms with van der Waals surface area (Å²) in [4.78, 5) is 29.7. The van der Waals surface area contributed by atoms with Gasteiger partial charge in [0.1, 0.15) is 11.8 Å². The quantitative estimate of drug-likeness (QED) is 0.363. The predicted octanol–water partition coefficient (Wildman–Crippen LogP) is 5.63. The zero-order valence-corrected chi connectivity index (χ0v) is 21.3. The number of thiophene rings is 1. The summed E-state index contributed by atoms with van der Waals surface area (Å²) >= 11 is 12.6. The van der Waals surface area contributed by atoms with Crippen LogP contribution in [-0.4, -0.2) is 36.5 Å². The minimum Gasteiger partial charge on any atom is -0.399 e. The molecule has 5 rings (SSSR count). The zero-order valence-electron chi connectivity index (χ0n) is 18.9. The summed E-state index contributed by atoms with van der Waals surface area (Å²) in [6, 6.07) is 0.949. The summed E-state index contributed by atoms with van der Waals surface area (Å²) in [6.07, 6.45) is -3.32. The highest BCUT2D eigenvalue weighted by atomic mass is 35.5. The van der Waals surface area contributed by atoms with Crippen molar-refractivity contribution in [2.24, 2.45) is 5.16 Å². The molecular formula is C23H19Cl2F4N3O4S. The monoisotopic (exact) mass is 579 g/mol. The van der Waals surface area contributed by atoms with E-state index in [2.05, 4.69) is 15.8 Å². The SMILES string of the molecule is O=C(N[C@@H]1CCNC1=O)Oc1sc(C2=NOC(c3cc(Cl)c(F)c(Cl)c3)(C(F)(F)F)C2)c2c1CCCC2. The fourth-order valence-corrected chi connectivity index (χ4v) is 6.43. The molecule has 37 heavy (non-hydrogen) atoms.